The van der Waals surface area contributed by atoms with Crippen molar-refractivity contribution in [2.45, 2.75) is 24.5 Å². The number of hydrogen-bond donors (Lipinski definition) is 7. The molecule has 4 rings (SSSR count). The maximum atomic E-state index is 13.6. The molecule has 0 saturated carbocycles. The summed E-state index contributed by atoms with van der Waals surface area (Å²) in [6.07, 6.45) is -1.46. The molecular formula is C27H22O12. The van der Waals surface area contributed by atoms with Crippen molar-refractivity contribution < 1.29 is 59.6 Å². The number of carbonyl (C=O) groups is 3. The molecule has 0 aliphatic carbocycles. The van der Waals surface area contributed by atoms with E-state index in [1.807, 2.05) is 0 Å². The molecule has 3 atom stereocenters. The molecule has 0 radical (unpaired) electrons. The highest BCUT2D eigenvalue weighted by molar-refractivity contribution is 5.90. The van der Waals surface area contributed by atoms with Crippen molar-refractivity contribution in [2.75, 3.05) is 0 Å². The Morgan fingerprint density at radius 2 is 1.49 bits per heavy atom. The normalized spacial score (nSPS) is 16.8. The molecule has 0 saturated heterocycles. The number of carboxylic acid groups (broad SMARTS) is 2. The Balaban J connectivity index is 1.77. The van der Waals surface area contributed by atoms with Gasteiger partial charge in [0.15, 0.2) is 34.5 Å². The Hall–Kier alpha value is -5.39. The number of ether oxygens (including phenoxy) is 2. The minimum Gasteiger partial charge on any atom is -0.504 e. The van der Waals surface area contributed by atoms with Gasteiger partial charge in [-0.25, -0.2) is 9.59 Å². The first-order valence-corrected chi connectivity index (χ1v) is 11.4. The molecule has 0 spiro atoms. The maximum Gasteiger partial charge on any atom is 0.345 e. The largest absolute Gasteiger partial charge is 0.504 e. The zero-order chi connectivity index (χ0) is 28.4. The van der Waals surface area contributed by atoms with Crippen molar-refractivity contribution in [3.63, 3.8) is 0 Å². The van der Waals surface area contributed by atoms with Crippen LogP contribution in [0.2, 0.25) is 0 Å². The van der Waals surface area contributed by atoms with Crippen LogP contribution < -0.4 is 4.74 Å². The van der Waals surface area contributed by atoms with Crippen molar-refractivity contribution in [1.29, 1.82) is 0 Å². The van der Waals surface area contributed by atoms with Gasteiger partial charge < -0.3 is 45.2 Å². The zero-order valence-electron chi connectivity index (χ0n) is 19.9. The Morgan fingerprint density at radius 3 is 2.10 bits per heavy atom. The van der Waals surface area contributed by atoms with E-state index < -0.39 is 64.8 Å². The number of carboxylic acids is 2. The van der Waals surface area contributed by atoms with Crippen molar-refractivity contribution in [2.24, 2.45) is 0 Å². The second-order valence-corrected chi connectivity index (χ2v) is 8.64. The van der Waals surface area contributed by atoms with Gasteiger partial charge in [-0.3, -0.25) is 4.79 Å². The maximum absolute atomic E-state index is 13.6. The Labute approximate surface area is 219 Å². The van der Waals surface area contributed by atoms with Gasteiger partial charge >= 0.3 is 17.9 Å². The van der Waals surface area contributed by atoms with Crippen LogP contribution >= 0.6 is 0 Å². The number of fused-ring (bicyclic) bond motifs is 1. The quantitative estimate of drug-likeness (QED) is 0.125. The number of benzene rings is 3. The van der Waals surface area contributed by atoms with Gasteiger partial charge in [0.1, 0.15) is 12.0 Å². The molecular weight excluding hydrogens is 516 g/mol. The molecule has 7 N–H and O–H groups in total. The van der Waals surface area contributed by atoms with Crippen molar-refractivity contribution in [3.8, 4) is 34.5 Å². The number of rotatable bonds is 8. The van der Waals surface area contributed by atoms with E-state index in [1.54, 1.807) is 0 Å². The van der Waals surface area contributed by atoms with E-state index >= 15 is 0 Å². The molecule has 0 bridgehead atoms. The highest BCUT2D eigenvalue weighted by Gasteiger charge is 2.45. The Bertz CT molecular complexity index is 1490. The molecule has 3 aromatic rings. The fraction of sp³-hybridized carbons (Fsp3) is 0.148. The number of aromatic hydroxyl groups is 5. The van der Waals surface area contributed by atoms with E-state index in [0.717, 1.165) is 36.4 Å². The molecule has 202 valence electrons. The van der Waals surface area contributed by atoms with E-state index in [4.69, 9.17) is 14.6 Å². The third-order valence-electron chi connectivity index (χ3n) is 6.05. The molecule has 12 nitrogen and oxygen atoms in total. The average Bonchev–Trinajstić information content (AvgIpc) is 3.29. The summed E-state index contributed by atoms with van der Waals surface area (Å²) in [6, 6.07) is 9.74. The van der Waals surface area contributed by atoms with Crippen molar-refractivity contribution >= 4 is 24.0 Å². The van der Waals surface area contributed by atoms with Crippen LogP contribution in [0.15, 0.2) is 54.6 Å². The van der Waals surface area contributed by atoms with Gasteiger partial charge in [-0.05, 0) is 53.1 Å². The summed E-state index contributed by atoms with van der Waals surface area (Å²) < 4.78 is 11.2. The lowest BCUT2D eigenvalue weighted by Gasteiger charge is -2.22. The first-order chi connectivity index (χ1) is 18.5. The molecule has 39 heavy (non-hydrogen) atoms. The lowest BCUT2D eigenvalue weighted by atomic mass is 9.87. The molecule has 0 fully saturated rings. The van der Waals surface area contributed by atoms with Crippen LogP contribution in [-0.2, 0) is 25.5 Å². The number of phenols is 5. The van der Waals surface area contributed by atoms with Crippen molar-refractivity contribution in [3.05, 3.63) is 76.9 Å². The fourth-order valence-electron chi connectivity index (χ4n) is 4.22. The number of phenolic OH excluding ortho intramolecular Hbond substituents is 5. The molecule has 1 aliphatic rings. The molecule has 0 unspecified atom stereocenters. The topological polar surface area (TPSA) is 211 Å². The summed E-state index contributed by atoms with van der Waals surface area (Å²) >= 11 is 0. The predicted molar refractivity (Wildman–Crippen MR) is 132 cm³/mol. The first kappa shape index (κ1) is 26.7. The number of carbonyl (C=O) groups excluding carboxylic acids is 1. The molecule has 0 amide bonds. The Morgan fingerprint density at radius 1 is 0.846 bits per heavy atom. The van der Waals surface area contributed by atoms with Crippen LogP contribution in [-0.4, -0.2) is 59.8 Å². The minimum atomic E-state index is -1.75. The third kappa shape index (κ3) is 5.49. The summed E-state index contributed by atoms with van der Waals surface area (Å²) in [5.41, 5.74) is 0.567. The molecule has 1 heterocycles. The Kier molecular flexibility index (Phi) is 7.20. The second kappa shape index (κ2) is 10.5. The second-order valence-electron chi connectivity index (χ2n) is 8.64. The number of esters is 1. The summed E-state index contributed by atoms with van der Waals surface area (Å²) in [5.74, 6) is -7.87. The van der Waals surface area contributed by atoms with E-state index in [2.05, 4.69) is 0 Å². The number of aliphatic carboxylic acids is 2. The SMILES string of the molecule is O=C(O)C=Cc1ccc(O)c2c1[C@H](C(=O)O[C@H](Cc1ccc(O)c(O)c1)C(=O)O)[C@@H](c1ccc(O)c(O)c1)O2. The van der Waals surface area contributed by atoms with Gasteiger partial charge in [-0.1, -0.05) is 18.2 Å². The summed E-state index contributed by atoms with van der Waals surface area (Å²) in [6.45, 7) is 0. The number of hydrogen-bond acceptors (Lipinski definition) is 10. The van der Waals surface area contributed by atoms with Gasteiger partial charge in [-0.2, -0.15) is 0 Å². The van der Waals surface area contributed by atoms with Gasteiger partial charge in [-0.15, -0.1) is 0 Å². The van der Waals surface area contributed by atoms with Crippen LogP contribution in [0.3, 0.4) is 0 Å². The van der Waals surface area contributed by atoms with Gasteiger partial charge in [0.05, 0.1) is 0 Å². The van der Waals surface area contributed by atoms with Gasteiger partial charge in [0.2, 0.25) is 6.10 Å². The third-order valence-corrected chi connectivity index (χ3v) is 6.05. The van der Waals surface area contributed by atoms with Crippen LogP contribution in [0.4, 0.5) is 0 Å². The first-order valence-electron chi connectivity index (χ1n) is 11.4. The van der Waals surface area contributed by atoms with Crippen LogP contribution in [0.5, 0.6) is 34.5 Å². The standard InChI is InChI=1S/C27H22O12/c28-15-5-1-12(9-18(15)31)10-20(26(35)36)38-27(37)23-22-13(4-8-21(33)34)2-7-17(30)25(22)39-24(23)14-3-6-16(29)19(32)11-14/h1-9,11,20,23-24,28-32H,10H2,(H,33,34)(H,35,36)/t20-,23+,24-/m1/s1. The predicted octanol–water partition coefficient (Wildman–Crippen LogP) is 2.77. The minimum absolute atomic E-state index is 0.0153. The van der Waals surface area contributed by atoms with E-state index in [-0.39, 0.29) is 34.4 Å². The molecule has 1 aliphatic heterocycles. The fourth-order valence-corrected chi connectivity index (χ4v) is 4.22. The highest BCUT2D eigenvalue weighted by Crippen LogP contribution is 2.53. The van der Waals surface area contributed by atoms with Crippen LogP contribution in [0, 0.1) is 0 Å². The molecule has 12 heteroatoms. The molecule has 0 aromatic heterocycles. The van der Waals surface area contributed by atoms with Crippen LogP contribution in [0.1, 0.15) is 34.3 Å². The monoisotopic (exact) mass is 538 g/mol. The lowest BCUT2D eigenvalue weighted by molar-refractivity contribution is -0.166. The summed E-state index contributed by atoms with van der Waals surface area (Å²) in [4.78, 5) is 36.7. The summed E-state index contributed by atoms with van der Waals surface area (Å²) in [7, 11) is 0. The average molecular weight is 538 g/mol. The molecule has 3 aromatic carbocycles. The van der Waals surface area contributed by atoms with E-state index in [9.17, 15) is 45.0 Å². The van der Waals surface area contributed by atoms with Gasteiger partial charge in [0.25, 0.3) is 0 Å². The zero-order valence-corrected chi connectivity index (χ0v) is 19.9. The van der Waals surface area contributed by atoms with Crippen LogP contribution in [0.25, 0.3) is 6.08 Å². The van der Waals surface area contributed by atoms with Crippen molar-refractivity contribution in [1.82, 2.24) is 0 Å². The lowest BCUT2D eigenvalue weighted by Crippen LogP contribution is -2.32. The van der Waals surface area contributed by atoms with E-state index in [1.165, 1.54) is 24.3 Å². The summed E-state index contributed by atoms with van der Waals surface area (Å²) in [5, 5.41) is 68.3. The van der Waals surface area contributed by atoms with E-state index in [0.29, 0.717) is 0 Å². The highest BCUT2D eigenvalue weighted by atomic mass is 16.6. The smallest absolute Gasteiger partial charge is 0.345 e. The van der Waals surface area contributed by atoms with Gasteiger partial charge in [0, 0.05) is 18.1 Å².